The minimum atomic E-state index is -3.25. The van der Waals surface area contributed by atoms with Crippen LogP contribution in [0.4, 0.5) is 0 Å². The lowest BCUT2D eigenvalue weighted by molar-refractivity contribution is 0.0134. The van der Waals surface area contributed by atoms with Gasteiger partial charge >= 0.3 is 0 Å². The SMILES string of the molecule is COCCS(=O)(=O)NCC(CC(C)C)N1CCOCC1. The Labute approximate surface area is 122 Å². The summed E-state index contributed by atoms with van der Waals surface area (Å²) < 4.78 is 36.5. The van der Waals surface area contributed by atoms with Crippen LogP contribution < -0.4 is 4.72 Å². The Kier molecular flexibility index (Phi) is 7.98. The topological polar surface area (TPSA) is 67.9 Å². The van der Waals surface area contributed by atoms with E-state index < -0.39 is 10.0 Å². The van der Waals surface area contributed by atoms with Gasteiger partial charge in [-0.05, 0) is 12.3 Å². The lowest BCUT2D eigenvalue weighted by Crippen LogP contribution is -2.49. The minimum absolute atomic E-state index is 0.0149. The van der Waals surface area contributed by atoms with E-state index in [4.69, 9.17) is 9.47 Å². The molecule has 0 bridgehead atoms. The normalized spacial score (nSPS) is 19.4. The van der Waals surface area contributed by atoms with Gasteiger partial charge in [-0.15, -0.1) is 0 Å². The van der Waals surface area contributed by atoms with Crippen LogP contribution >= 0.6 is 0 Å². The summed E-state index contributed by atoms with van der Waals surface area (Å²) in [7, 11) is -1.74. The van der Waals surface area contributed by atoms with Crippen molar-refractivity contribution in [2.24, 2.45) is 5.92 Å². The van der Waals surface area contributed by atoms with Gasteiger partial charge in [-0.2, -0.15) is 0 Å². The van der Waals surface area contributed by atoms with Crippen molar-refractivity contribution in [3.05, 3.63) is 0 Å². The highest BCUT2D eigenvalue weighted by Gasteiger charge is 2.23. The average molecular weight is 308 g/mol. The monoisotopic (exact) mass is 308 g/mol. The van der Waals surface area contributed by atoms with Gasteiger partial charge in [-0.25, -0.2) is 13.1 Å². The molecule has 0 spiro atoms. The fourth-order valence-corrected chi connectivity index (χ4v) is 3.31. The summed E-state index contributed by atoms with van der Waals surface area (Å²) in [6, 6.07) is 0.233. The molecule has 120 valence electrons. The van der Waals surface area contributed by atoms with Gasteiger partial charge in [0.2, 0.25) is 10.0 Å². The summed E-state index contributed by atoms with van der Waals surface area (Å²) in [6.07, 6.45) is 0.979. The molecular formula is C13H28N2O4S. The van der Waals surface area contributed by atoms with Gasteiger partial charge in [0.25, 0.3) is 0 Å². The molecule has 1 N–H and O–H groups in total. The maximum Gasteiger partial charge on any atom is 0.213 e. The van der Waals surface area contributed by atoms with Gasteiger partial charge < -0.3 is 9.47 Å². The van der Waals surface area contributed by atoms with Gasteiger partial charge in [0.1, 0.15) is 0 Å². The molecule has 1 rings (SSSR count). The Morgan fingerprint density at radius 1 is 1.30 bits per heavy atom. The van der Waals surface area contributed by atoms with E-state index in [0.29, 0.717) is 12.5 Å². The lowest BCUT2D eigenvalue weighted by atomic mass is 10.0. The highest BCUT2D eigenvalue weighted by Crippen LogP contribution is 2.13. The van der Waals surface area contributed by atoms with Crippen molar-refractivity contribution in [3.63, 3.8) is 0 Å². The van der Waals surface area contributed by atoms with E-state index in [2.05, 4.69) is 23.5 Å². The molecule has 1 atom stereocenters. The third-order valence-corrected chi connectivity index (χ3v) is 4.71. The minimum Gasteiger partial charge on any atom is -0.384 e. The number of ether oxygens (including phenoxy) is 2. The number of hydrogen-bond acceptors (Lipinski definition) is 5. The van der Waals surface area contributed by atoms with E-state index in [-0.39, 0.29) is 18.4 Å². The van der Waals surface area contributed by atoms with Crippen molar-refractivity contribution in [2.45, 2.75) is 26.3 Å². The first-order chi connectivity index (χ1) is 9.44. The molecule has 7 heteroatoms. The molecule has 0 aromatic rings. The average Bonchev–Trinajstić information content (AvgIpc) is 2.42. The smallest absolute Gasteiger partial charge is 0.213 e. The van der Waals surface area contributed by atoms with Crippen LogP contribution in [-0.2, 0) is 19.5 Å². The standard InChI is InChI=1S/C13H28N2O4S/c1-12(2)10-13(15-4-6-19-7-5-15)11-14-20(16,17)9-8-18-3/h12-14H,4-11H2,1-3H3. The van der Waals surface area contributed by atoms with Crippen LogP contribution in [-0.4, -0.2) is 71.7 Å². The molecule has 1 aliphatic heterocycles. The van der Waals surface area contributed by atoms with Gasteiger partial charge in [-0.3, -0.25) is 4.90 Å². The Morgan fingerprint density at radius 3 is 2.50 bits per heavy atom. The molecule has 1 fully saturated rings. The van der Waals surface area contributed by atoms with Crippen molar-refractivity contribution in [3.8, 4) is 0 Å². The van der Waals surface area contributed by atoms with Crippen molar-refractivity contribution >= 4 is 10.0 Å². The Hall–Kier alpha value is -0.210. The first kappa shape index (κ1) is 17.8. The fourth-order valence-electron chi connectivity index (χ4n) is 2.34. The third-order valence-electron chi connectivity index (χ3n) is 3.40. The first-order valence-electron chi connectivity index (χ1n) is 7.22. The zero-order valence-electron chi connectivity index (χ0n) is 12.8. The molecule has 6 nitrogen and oxygen atoms in total. The second-order valence-electron chi connectivity index (χ2n) is 5.59. The molecule has 0 radical (unpaired) electrons. The van der Waals surface area contributed by atoms with E-state index in [1.165, 1.54) is 7.11 Å². The van der Waals surface area contributed by atoms with Crippen molar-refractivity contribution in [1.29, 1.82) is 0 Å². The summed E-state index contributed by atoms with van der Waals surface area (Å²) >= 11 is 0. The van der Waals surface area contributed by atoms with E-state index in [9.17, 15) is 8.42 Å². The highest BCUT2D eigenvalue weighted by atomic mass is 32.2. The highest BCUT2D eigenvalue weighted by molar-refractivity contribution is 7.89. The lowest BCUT2D eigenvalue weighted by Gasteiger charge is -2.35. The molecule has 0 aromatic carbocycles. The second kappa shape index (κ2) is 8.94. The molecule has 1 heterocycles. The second-order valence-corrected chi connectivity index (χ2v) is 7.52. The molecule has 20 heavy (non-hydrogen) atoms. The summed E-state index contributed by atoms with van der Waals surface area (Å²) in [6.45, 7) is 8.20. The molecule has 1 unspecified atom stereocenters. The first-order valence-corrected chi connectivity index (χ1v) is 8.88. The molecule has 0 saturated carbocycles. The van der Waals surface area contributed by atoms with Crippen LogP contribution in [0, 0.1) is 5.92 Å². The van der Waals surface area contributed by atoms with Crippen LogP contribution in [0.1, 0.15) is 20.3 Å². The summed E-state index contributed by atoms with van der Waals surface area (Å²) in [5.74, 6) is 0.549. The number of sulfonamides is 1. The van der Waals surface area contributed by atoms with E-state index in [1.807, 2.05) is 0 Å². The fraction of sp³-hybridized carbons (Fsp3) is 1.00. The molecule has 0 aromatic heterocycles. The molecule has 0 amide bonds. The summed E-state index contributed by atoms with van der Waals surface area (Å²) in [5, 5.41) is 0. The number of morpholine rings is 1. The van der Waals surface area contributed by atoms with Crippen LogP contribution in [0.3, 0.4) is 0 Å². The van der Waals surface area contributed by atoms with Gasteiger partial charge in [-0.1, -0.05) is 13.8 Å². The maximum absolute atomic E-state index is 11.8. The molecular weight excluding hydrogens is 280 g/mol. The molecule has 0 aliphatic carbocycles. The largest absolute Gasteiger partial charge is 0.384 e. The number of hydrogen-bond donors (Lipinski definition) is 1. The maximum atomic E-state index is 11.8. The molecule has 1 saturated heterocycles. The van der Waals surface area contributed by atoms with E-state index >= 15 is 0 Å². The van der Waals surface area contributed by atoms with Crippen LogP contribution in [0.5, 0.6) is 0 Å². The Bertz CT molecular complexity index is 353. The quantitative estimate of drug-likeness (QED) is 0.663. The predicted octanol–water partition coefficient (Wildman–Crippen LogP) is 0.299. The van der Waals surface area contributed by atoms with Crippen molar-refractivity contribution < 1.29 is 17.9 Å². The number of rotatable bonds is 9. The Morgan fingerprint density at radius 2 is 1.95 bits per heavy atom. The summed E-state index contributed by atoms with van der Waals surface area (Å²) in [5.41, 5.74) is 0. The van der Waals surface area contributed by atoms with Crippen molar-refractivity contribution in [2.75, 3.05) is 52.3 Å². The zero-order valence-corrected chi connectivity index (χ0v) is 13.6. The zero-order chi connectivity index (χ0) is 15.0. The van der Waals surface area contributed by atoms with E-state index in [1.54, 1.807) is 0 Å². The van der Waals surface area contributed by atoms with Crippen LogP contribution in [0.15, 0.2) is 0 Å². The Balaban J connectivity index is 2.51. The van der Waals surface area contributed by atoms with Gasteiger partial charge in [0.15, 0.2) is 0 Å². The predicted molar refractivity (Wildman–Crippen MR) is 79.3 cm³/mol. The van der Waals surface area contributed by atoms with Crippen LogP contribution in [0.25, 0.3) is 0 Å². The number of nitrogens with one attached hydrogen (secondary N) is 1. The molecule has 1 aliphatic rings. The number of methoxy groups -OCH3 is 1. The van der Waals surface area contributed by atoms with Crippen LogP contribution in [0.2, 0.25) is 0 Å². The van der Waals surface area contributed by atoms with E-state index in [0.717, 1.165) is 32.7 Å². The summed E-state index contributed by atoms with van der Waals surface area (Å²) in [4.78, 5) is 2.32. The number of nitrogens with zero attached hydrogens (tertiary/aromatic N) is 1. The van der Waals surface area contributed by atoms with Gasteiger partial charge in [0, 0.05) is 32.8 Å². The van der Waals surface area contributed by atoms with Gasteiger partial charge in [0.05, 0.1) is 25.6 Å². The van der Waals surface area contributed by atoms with Crippen molar-refractivity contribution in [1.82, 2.24) is 9.62 Å². The third kappa shape index (κ3) is 6.99.